The van der Waals surface area contributed by atoms with E-state index >= 15 is 0 Å². The lowest BCUT2D eigenvalue weighted by molar-refractivity contribution is 0.0603. The molecule has 0 fully saturated rings. The highest BCUT2D eigenvalue weighted by atomic mass is 35.5. The van der Waals surface area contributed by atoms with Gasteiger partial charge in [-0.3, -0.25) is 4.55 Å². The van der Waals surface area contributed by atoms with Crippen LogP contribution in [0.1, 0.15) is 15.9 Å². The summed E-state index contributed by atoms with van der Waals surface area (Å²) in [5, 5.41) is 1.09. The van der Waals surface area contributed by atoms with Crippen molar-refractivity contribution in [3.8, 4) is 0 Å². The normalized spacial score (nSPS) is 12.2. The predicted molar refractivity (Wildman–Crippen MR) is 98.7 cm³/mol. The van der Waals surface area contributed by atoms with Gasteiger partial charge in [0, 0.05) is 22.1 Å². The Bertz CT molecular complexity index is 986. The highest BCUT2D eigenvalue weighted by molar-refractivity contribution is 7.81. The van der Waals surface area contributed by atoms with Crippen molar-refractivity contribution in [3.63, 3.8) is 0 Å². The largest absolute Gasteiger partial charge is 0.465 e. The fourth-order valence-electron chi connectivity index (χ4n) is 2.64. The Balaban J connectivity index is 2.19. The molecule has 0 bridgehead atoms. The number of H-pyrrole nitrogens is 1. The van der Waals surface area contributed by atoms with Crippen molar-refractivity contribution < 1.29 is 18.3 Å². The number of fused-ring (bicyclic) bond motifs is 1. The number of halogens is 1. The van der Waals surface area contributed by atoms with Gasteiger partial charge in [-0.05, 0) is 42.8 Å². The number of carbonyl (C=O) groups excluding carboxylic acids is 1. The van der Waals surface area contributed by atoms with E-state index in [-0.39, 0.29) is 0 Å². The first kappa shape index (κ1) is 17.5. The molecule has 0 saturated carbocycles. The van der Waals surface area contributed by atoms with Crippen LogP contribution in [-0.2, 0) is 16.0 Å². The second-order valence-electron chi connectivity index (χ2n) is 5.33. The van der Waals surface area contributed by atoms with Crippen LogP contribution in [0.5, 0.6) is 0 Å². The summed E-state index contributed by atoms with van der Waals surface area (Å²) in [6.45, 7) is 1.77. The van der Waals surface area contributed by atoms with Gasteiger partial charge < -0.3 is 9.72 Å². The second kappa shape index (κ2) is 6.87. The number of ether oxygens (including phenoxy) is 1. The number of benzene rings is 2. The highest BCUT2D eigenvalue weighted by Gasteiger charge is 2.20. The van der Waals surface area contributed by atoms with Crippen molar-refractivity contribution in [1.82, 2.24) is 4.98 Å². The van der Waals surface area contributed by atoms with Gasteiger partial charge in [-0.2, -0.15) is 0 Å². The van der Waals surface area contributed by atoms with Crippen molar-refractivity contribution in [3.05, 3.63) is 58.7 Å². The van der Waals surface area contributed by atoms with E-state index in [1.807, 2.05) is 0 Å². The molecule has 1 heterocycles. The van der Waals surface area contributed by atoms with Crippen LogP contribution in [0.15, 0.2) is 42.6 Å². The lowest BCUT2D eigenvalue weighted by atomic mass is 10.1. The lowest BCUT2D eigenvalue weighted by Gasteiger charge is -2.22. The molecule has 0 aliphatic carbocycles. The summed E-state index contributed by atoms with van der Waals surface area (Å²) < 4.78 is 27.9. The summed E-state index contributed by atoms with van der Waals surface area (Å²) in [6, 6.07) is 10.2. The van der Waals surface area contributed by atoms with Crippen LogP contribution in [-0.4, -0.2) is 26.8 Å². The van der Waals surface area contributed by atoms with Gasteiger partial charge in [0.2, 0.25) is 0 Å². The number of esters is 1. The van der Waals surface area contributed by atoms with E-state index in [0.29, 0.717) is 32.9 Å². The zero-order chi connectivity index (χ0) is 18.1. The molecule has 0 radical (unpaired) electrons. The summed E-state index contributed by atoms with van der Waals surface area (Å²) in [5.74, 6) is -0.487. The molecule has 1 unspecified atom stereocenters. The van der Waals surface area contributed by atoms with E-state index in [1.54, 1.807) is 49.5 Å². The summed E-state index contributed by atoms with van der Waals surface area (Å²) in [6.07, 6.45) is 1.55. The number of aromatic nitrogens is 1. The van der Waals surface area contributed by atoms with Gasteiger partial charge in [-0.25, -0.2) is 13.3 Å². The van der Waals surface area contributed by atoms with E-state index in [9.17, 15) is 13.6 Å². The summed E-state index contributed by atoms with van der Waals surface area (Å²) in [5.41, 5.74) is 2.70. The van der Waals surface area contributed by atoms with Crippen molar-refractivity contribution in [1.29, 1.82) is 0 Å². The Morgan fingerprint density at radius 3 is 2.76 bits per heavy atom. The molecule has 2 aromatic carbocycles. The summed E-state index contributed by atoms with van der Waals surface area (Å²) in [7, 11) is 1.30. The fraction of sp³-hybridized carbons (Fsp3) is 0.118. The Hall–Kier alpha value is -2.35. The topological polar surface area (TPSA) is 82.6 Å². The quantitative estimate of drug-likeness (QED) is 0.526. The first-order valence-corrected chi connectivity index (χ1v) is 8.74. The number of hydrogen-bond donors (Lipinski definition) is 2. The molecule has 0 saturated heterocycles. The molecule has 0 aliphatic heterocycles. The summed E-state index contributed by atoms with van der Waals surface area (Å²) >= 11 is 3.81. The number of aromatic amines is 1. The average Bonchev–Trinajstić information content (AvgIpc) is 3.01. The molecule has 3 aromatic rings. The van der Waals surface area contributed by atoms with Crippen molar-refractivity contribution >= 4 is 51.1 Å². The average molecular weight is 379 g/mol. The smallest absolute Gasteiger partial charge is 0.340 e. The van der Waals surface area contributed by atoms with E-state index in [0.717, 1.165) is 5.52 Å². The number of methoxy groups -OCH3 is 1. The van der Waals surface area contributed by atoms with Crippen LogP contribution in [0.25, 0.3) is 10.9 Å². The third-order valence-electron chi connectivity index (χ3n) is 3.92. The van der Waals surface area contributed by atoms with Crippen molar-refractivity contribution in [2.24, 2.45) is 0 Å². The maximum atomic E-state index is 12.0. The number of anilines is 2. The molecule has 0 amide bonds. The number of carbonyl (C=O) groups is 1. The predicted octanol–water partition coefficient (Wildman–Crippen LogP) is 4.19. The van der Waals surface area contributed by atoms with Crippen LogP contribution in [0.4, 0.5) is 11.4 Å². The SMILES string of the molecule is COC(=O)c1c[nH]c2ccc(N(c3cccc(Cl)c3C)S(=O)O)cc12. The molecule has 25 heavy (non-hydrogen) atoms. The minimum absolute atomic E-state index is 0.353. The molecule has 8 heteroatoms. The molecule has 6 nitrogen and oxygen atoms in total. The van der Waals surface area contributed by atoms with Gasteiger partial charge in [0.05, 0.1) is 24.0 Å². The maximum absolute atomic E-state index is 12.0. The van der Waals surface area contributed by atoms with Crippen LogP contribution in [0.3, 0.4) is 0 Å². The molecule has 0 spiro atoms. The number of nitrogens with one attached hydrogen (secondary N) is 1. The molecular weight excluding hydrogens is 364 g/mol. The Kier molecular flexibility index (Phi) is 4.80. The third kappa shape index (κ3) is 3.13. The minimum atomic E-state index is -2.33. The first-order valence-electron chi connectivity index (χ1n) is 7.29. The highest BCUT2D eigenvalue weighted by Crippen LogP contribution is 2.35. The van der Waals surface area contributed by atoms with E-state index in [2.05, 4.69) is 4.98 Å². The van der Waals surface area contributed by atoms with Crippen molar-refractivity contribution in [2.45, 2.75) is 6.92 Å². The second-order valence-corrected chi connectivity index (χ2v) is 6.57. The molecule has 0 aliphatic rings. The number of rotatable bonds is 4. The van der Waals surface area contributed by atoms with Gasteiger partial charge in [-0.1, -0.05) is 17.7 Å². The van der Waals surface area contributed by atoms with E-state index in [4.69, 9.17) is 16.3 Å². The Morgan fingerprint density at radius 2 is 2.08 bits per heavy atom. The minimum Gasteiger partial charge on any atom is -0.465 e. The Morgan fingerprint density at radius 1 is 1.32 bits per heavy atom. The molecule has 1 atom stereocenters. The summed E-state index contributed by atoms with van der Waals surface area (Å²) in [4.78, 5) is 14.9. The van der Waals surface area contributed by atoms with Gasteiger partial charge >= 0.3 is 5.97 Å². The van der Waals surface area contributed by atoms with Crippen LogP contribution in [0, 0.1) is 6.92 Å². The number of nitrogens with zero attached hydrogens (tertiary/aromatic N) is 1. The molecule has 3 rings (SSSR count). The molecule has 130 valence electrons. The van der Waals surface area contributed by atoms with E-state index < -0.39 is 17.2 Å². The monoisotopic (exact) mass is 378 g/mol. The van der Waals surface area contributed by atoms with Gasteiger partial charge in [0.1, 0.15) is 0 Å². The first-order chi connectivity index (χ1) is 11.9. The third-order valence-corrected chi connectivity index (χ3v) is 5.05. The Labute approximate surface area is 151 Å². The van der Waals surface area contributed by atoms with Gasteiger partial charge in [-0.15, -0.1) is 0 Å². The molecule has 2 N–H and O–H groups in total. The van der Waals surface area contributed by atoms with Crippen LogP contribution in [0.2, 0.25) is 5.02 Å². The zero-order valence-corrected chi connectivity index (χ0v) is 15.0. The molecular formula is C17H15ClN2O4S. The van der Waals surface area contributed by atoms with Gasteiger partial charge in [0.15, 0.2) is 0 Å². The number of hydrogen-bond acceptors (Lipinski definition) is 3. The maximum Gasteiger partial charge on any atom is 0.340 e. The van der Waals surface area contributed by atoms with Crippen molar-refractivity contribution in [2.75, 3.05) is 11.4 Å². The standard InChI is InChI=1S/C17H15ClN2O4S/c1-10-14(18)4-3-5-16(10)20(25(22)23)11-6-7-15-12(8-11)13(9-19-15)17(21)24-2/h3-9,19H,1-2H3,(H,22,23). The lowest BCUT2D eigenvalue weighted by Crippen LogP contribution is -2.20. The zero-order valence-electron chi connectivity index (χ0n) is 13.4. The van der Waals surface area contributed by atoms with Gasteiger partial charge in [0.25, 0.3) is 11.3 Å². The molecule has 1 aromatic heterocycles. The van der Waals surface area contributed by atoms with Crippen LogP contribution >= 0.6 is 11.6 Å². The van der Waals surface area contributed by atoms with E-state index in [1.165, 1.54) is 11.4 Å². The fourth-order valence-corrected chi connectivity index (χ4v) is 3.47. The van der Waals surface area contributed by atoms with Crippen LogP contribution < -0.4 is 4.31 Å².